The van der Waals surface area contributed by atoms with Gasteiger partial charge in [0.05, 0.1) is 0 Å². The maximum atomic E-state index is 9.25. The molecule has 0 heterocycles. The molecular formula is C8H14N2O2Si. The SMILES string of the molecule is CC1=C(C)C(=[N+]=[N-])C(O)C=C1.O[SiH3]. The van der Waals surface area contributed by atoms with Gasteiger partial charge in [-0.05, 0) is 25.5 Å². The van der Waals surface area contributed by atoms with Crippen molar-refractivity contribution in [3.05, 3.63) is 28.8 Å². The first-order valence-corrected chi connectivity index (χ1v) is 4.77. The summed E-state index contributed by atoms with van der Waals surface area (Å²) in [5.74, 6) is 0. The first-order chi connectivity index (χ1) is 6.16. The molecule has 72 valence electrons. The molecule has 1 unspecified atom stereocenters. The van der Waals surface area contributed by atoms with Gasteiger partial charge in [0.2, 0.25) is 0 Å². The van der Waals surface area contributed by atoms with E-state index in [0.29, 0.717) is 16.2 Å². The Morgan fingerprint density at radius 3 is 2.38 bits per heavy atom. The van der Waals surface area contributed by atoms with Gasteiger partial charge in [0.1, 0.15) is 10.5 Å². The molecule has 0 saturated heterocycles. The molecule has 0 aliphatic heterocycles. The lowest BCUT2D eigenvalue weighted by Gasteiger charge is -2.08. The summed E-state index contributed by atoms with van der Waals surface area (Å²) in [6, 6.07) is 0. The standard InChI is InChI=1S/C8H10N2O.H4OSi/c1-5-3-4-7(11)8(10-9)6(5)2;1-2/h3-4,7,11H,1-2H3;1H,2H3. The molecule has 2 N–H and O–H groups in total. The summed E-state index contributed by atoms with van der Waals surface area (Å²) in [6.45, 7) is 3.72. The lowest BCUT2D eigenvalue weighted by atomic mass is 9.96. The van der Waals surface area contributed by atoms with Crippen LogP contribution in [0.2, 0.25) is 0 Å². The van der Waals surface area contributed by atoms with Crippen LogP contribution in [0.5, 0.6) is 0 Å². The summed E-state index contributed by atoms with van der Waals surface area (Å²) >= 11 is 0. The summed E-state index contributed by atoms with van der Waals surface area (Å²) in [5, 5.41) is 9.25. The zero-order valence-corrected chi connectivity index (χ0v) is 10.0. The third-order valence-corrected chi connectivity index (χ3v) is 1.89. The van der Waals surface area contributed by atoms with E-state index in [1.807, 2.05) is 19.9 Å². The summed E-state index contributed by atoms with van der Waals surface area (Å²) in [6.07, 6.45) is 2.65. The molecule has 0 aromatic carbocycles. The fraction of sp³-hybridized carbons (Fsp3) is 0.375. The molecule has 0 fully saturated rings. The summed E-state index contributed by atoms with van der Waals surface area (Å²) < 4.78 is 0. The second kappa shape index (κ2) is 5.61. The van der Waals surface area contributed by atoms with Crippen LogP contribution >= 0.6 is 0 Å². The van der Waals surface area contributed by atoms with Crippen LogP contribution in [-0.2, 0) is 0 Å². The van der Waals surface area contributed by atoms with Crippen molar-refractivity contribution in [3.8, 4) is 0 Å². The molecule has 0 spiro atoms. The average Bonchev–Trinajstić information content (AvgIpc) is 2.16. The molecule has 0 radical (unpaired) electrons. The number of aliphatic hydroxyl groups is 1. The van der Waals surface area contributed by atoms with Crippen LogP contribution in [0, 0.1) is 0 Å². The molecule has 4 nitrogen and oxygen atoms in total. The molecular weight excluding hydrogens is 184 g/mol. The molecule has 1 aliphatic rings. The number of nitrogens with zero attached hydrogens (tertiary/aromatic N) is 2. The Hall–Kier alpha value is -1.00. The molecule has 1 aliphatic carbocycles. The van der Waals surface area contributed by atoms with E-state index in [2.05, 4.69) is 4.79 Å². The van der Waals surface area contributed by atoms with E-state index in [9.17, 15) is 5.11 Å². The highest BCUT2D eigenvalue weighted by atomic mass is 28.2. The van der Waals surface area contributed by atoms with Crippen LogP contribution in [0.15, 0.2) is 23.3 Å². The Kier molecular flexibility index (Phi) is 5.18. The maximum absolute atomic E-state index is 9.25. The van der Waals surface area contributed by atoms with E-state index in [0.717, 1.165) is 11.1 Å². The molecule has 0 aromatic rings. The Balaban J connectivity index is 0.000000671. The summed E-state index contributed by atoms with van der Waals surface area (Å²) in [7, 11) is 0.306. The van der Waals surface area contributed by atoms with E-state index >= 15 is 0 Å². The quantitative estimate of drug-likeness (QED) is 0.303. The second-order valence-corrected chi connectivity index (χ2v) is 2.60. The minimum Gasteiger partial charge on any atom is -0.442 e. The molecule has 13 heavy (non-hydrogen) atoms. The van der Waals surface area contributed by atoms with E-state index in [1.165, 1.54) is 0 Å². The van der Waals surface area contributed by atoms with E-state index in [1.54, 1.807) is 6.08 Å². The third kappa shape index (κ3) is 2.75. The van der Waals surface area contributed by atoms with Crippen LogP contribution in [0.3, 0.4) is 0 Å². The van der Waals surface area contributed by atoms with Crippen LogP contribution in [0.1, 0.15) is 13.8 Å². The van der Waals surface area contributed by atoms with Gasteiger partial charge in [0.25, 0.3) is 0 Å². The Morgan fingerprint density at radius 1 is 1.46 bits per heavy atom. The highest BCUT2D eigenvalue weighted by Crippen LogP contribution is 2.14. The van der Waals surface area contributed by atoms with Crippen molar-refractivity contribution in [1.29, 1.82) is 0 Å². The Morgan fingerprint density at radius 2 is 2.00 bits per heavy atom. The predicted octanol–water partition coefficient (Wildman–Crippen LogP) is -0.817. The monoisotopic (exact) mass is 198 g/mol. The van der Waals surface area contributed by atoms with Crippen LogP contribution in [0.25, 0.3) is 5.53 Å². The lowest BCUT2D eigenvalue weighted by Crippen LogP contribution is -2.23. The molecule has 1 rings (SSSR count). The highest BCUT2D eigenvalue weighted by molar-refractivity contribution is 6.01. The highest BCUT2D eigenvalue weighted by Gasteiger charge is 2.24. The van der Waals surface area contributed by atoms with Gasteiger partial charge in [-0.1, -0.05) is 6.08 Å². The zero-order valence-electron chi connectivity index (χ0n) is 8.02. The number of aliphatic hydroxyl groups excluding tert-OH is 1. The average molecular weight is 198 g/mol. The van der Waals surface area contributed by atoms with Crippen LogP contribution in [0.4, 0.5) is 0 Å². The number of rotatable bonds is 0. The predicted molar refractivity (Wildman–Crippen MR) is 54.3 cm³/mol. The van der Waals surface area contributed by atoms with Gasteiger partial charge < -0.3 is 15.4 Å². The number of allylic oxidation sites excluding steroid dienone is 2. The largest absolute Gasteiger partial charge is 0.442 e. The fourth-order valence-corrected chi connectivity index (χ4v) is 1.01. The van der Waals surface area contributed by atoms with E-state index in [-0.39, 0.29) is 0 Å². The molecule has 0 saturated carbocycles. The summed E-state index contributed by atoms with van der Waals surface area (Å²) in [4.78, 5) is 10.2. The van der Waals surface area contributed by atoms with Gasteiger partial charge in [0, 0.05) is 5.57 Å². The fourth-order valence-electron chi connectivity index (χ4n) is 1.01. The molecule has 1 atom stereocenters. The molecule has 0 bridgehead atoms. The number of hydrogen-bond donors (Lipinski definition) is 2. The molecule has 5 heteroatoms. The van der Waals surface area contributed by atoms with E-state index in [4.69, 9.17) is 10.3 Å². The van der Waals surface area contributed by atoms with Gasteiger partial charge in [-0.2, -0.15) is 4.79 Å². The Labute approximate surface area is 80.4 Å². The van der Waals surface area contributed by atoms with Crippen molar-refractivity contribution in [2.75, 3.05) is 0 Å². The van der Waals surface area contributed by atoms with Crippen LogP contribution < -0.4 is 0 Å². The molecule has 0 aromatic heterocycles. The van der Waals surface area contributed by atoms with Crippen molar-refractivity contribution in [2.24, 2.45) is 0 Å². The van der Waals surface area contributed by atoms with Crippen LogP contribution in [-0.4, -0.2) is 37.0 Å². The minimum atomic E-state index is -0.760. The van der Waals surface area contributed by atoms with Gasteiger partial charge >= 0.3 is 5.71 Å². The van der Waals surface area contributed by atoms with Crippen molar-refractivity contribution >= 4 is 16.2 Å². The first-order valence-electron chi connectivity index (χ1n) is 3.87. The third-order valence-electron chi connectivity index (χ3n) is 1.89. The minimum absolute atomic E-state index is 0.306. The summed E-state index contributed by atoms with van der Waals surface area (Å²) in [5.41, 5.74) is 10.7. The Bertz CT molecular complexity index is 291. The van der Waals surface area contributed by atoms with Crippen molar-refractivity contribution in [3.63, 3.8) is 0 Å². The van der Waals surface area contributed by atoms with Gasteiger partial charge in [-0.3, -0.25) is 0 Å². The zero-order chi connectivity index (χ0) is 10.4. The van der Waals surface area contributed by atoms with Gasteiger partial charge in [0.15, 0.2) is 6.10 Å². The van der Waals surface area contributed by atoms with Crippen molar-refractivity contribution in [1.82, 2.24) is 0 Å². The number of hydrogen-bond acceptors (Lipinski definition) is 2. The van der Waals surface area contributed by atoms with Crippen molar-refractivity contribution < 1.29 is 14.7 Å². The maximum Gasteiger partial charge on any atom is 0.327 e. The van der Waals surface area contributed by atoms with E-state index < -0.39 is 6.10 Å². The van der Waals surface area contributed by atoms with Gasteiger partial charge in [-0.25, -0.2) is 0 Å². The topological polar surface area (TPSA) is 76.9 Å². The smallest absolute Gasteiger partial charge is 0.327 e. The van der Waals surface area contributed by atoms with Gasteiger partial charge in [-0.15, -0.1) is 0 Å². The van der Waals surface area contributed by atoms with Crippen molar-refractivity contribution in [2.45, 2.75) is 20.0 Å². The molecule has 0 amide bonds. The first kappa shape index (κ1) is 12.0. The second-order valence-electron chi connectivity index (χ2n) is 2.60. The lowest BCUT2D eigenvalue weighted by molar-refractivity contribution is -0.0163. The normalized spacial score (nSPS) is 20.9.